The molecule has 2 heterocycles. The van der Waals surface area contributed by atoms with Gasteiger partial charge in [-0.25, -0.2) is 9.59 Å². The van der Waals surface area contributed by atoms with Gasteiger partial charge in [0.05, 0.1) is 11.4 Å². The lowest BCUT2D eigenvalue weighted by atomic mass is 10.2. The smallest absolute Gasteiger partial charge is 0.395 e. The van der Waals surface area contributed by atoms with Gasteiger partial charge in [-0.3, -0.25) is 9.59 Å². The number of nitrogens with one attached hydrogen (secondary N) is 2. The maximum absolute atomic E-state index is 13.0. The molecule has 0 bridgehead atoms. The zero-order valence-electron chi connectivity index (χ0n) is 17.3. The highest BCUT2D eigenvalue weighted by Crippen LogP contribution is 2.32. The van der Waals surface area contributed by atoms with Crippen molar-refractivity contribution in [3.05, 3.63) is 57.4 Å². The average molecular weight is 498 g/mol. The molecule has 34 heavy (non-hydrogen) atoms. The quantitative estimate of drug-likeness (QED) is 0.335. The van der Waals surface area contributed by atoms with Crippen LogP contribution in [0.15, 0.2) is 46.2 Å². The standard InChI is InChI=1S/C18H16F6N4O6/c1-27(10-3-5-12(29)25-7-10)9-16(33-14(31)17(19,20)21,34-15(32)18(22,23)24)28(2)11-4-6-13(30)26-8-11/h3-8H,9H2,1-2H3,(H,25,29)(H,26,30). The number of aromatic nitrogens is 2. The highest BCUT2D eigenvalue weighted by Gasteiger charge is 2.55. The van der Waals surface area contributed by atoms with E-state index in [1.54, 1.807) is 0 Å². The number of esters is 2. The lowest BCUT2D eigenvalue weighted by molar-refractivity contribution is -0.268. The SMILES string of the molecule is CN(CC(OC(=O)C(F)(F)F)(OC(=O)C(F)(F)F)N(C)c1ccc(=O)[nH]c1)c1ccc(=O)[nH]c1. The summed E-state index contributed by atoms with van der Waals surface area (Å²) in [6.45, 7) is -1.11. The number of anilines is 2. The Morgan fingerprint density at radius 1 is 0.794 bits per heavy atom. The fourth-order valence-corrected chi connectivity index (χ4v) is 2.57. The topological polar surface area (TPSA) is 125 Å². The minimum atomic E-state index is -5.68. The minimum absolute atomic E-state index is 0.0324. The molecule has 0 spiro atoms. The number of hydrogen-bond acceptors (Lipinski definition) is 8. The number of H-pyrrole nitrogens is 2. The molecule has 0 radical (unpaired) electrons. The number of ether oxygens (including phenoxy) is 2. The summed E-state index contributed by atoms with van der Waals surface area (Å²) in [4.78, 5) is 51.8. The zero-order chi connectivity index (χ0) is 25.9. The molecule has 16 heteroatoms. The van der Waals surface area contributed by atoms with Crippen LogP contribution < -0.4 is 20.9 Å². The number of aromatic amines is 2. The van der Waals surface area contributed by atoms with Gasteiger partial charge in [-0.05, 0) is 12.1 Å². The second-order valence-electron chi connectivity index (χ2n) is 6.72. The largest absolute Gasteiger partial charge is 0.491 e. The van der Waals surface area contributed by atoms with E-state index >= 15 is 0 Å². The lowest BCUT2D eigenvalue weighted by Crippen LogP contribution is -2.62. The summed E-state index contributed by atoms with van der Waals surface area (Å²) >= 11 is 0. The Bertz CT molecular complexity index is 1090. The zero-order valence-corrected chi connectivity index (χ0v) is 17.3. The van der Waals surface area contributed by atoms with Crippen molar-refractivity contribution in [3.63, 3.8) is 0 Å². The van der Waals surface area contributed by atoms with Crippen molar-refractivity contribution >= 4 is 23.3 Å². The highest BCUT2D eigenvalue weighted by atomic mass is 19.4. The maximum atomic E-state index is 13.0. The number of pyridine rings is 2. The number of hydrogen-bond donors (Lipinski definition) is 2. The van der Waals surface area contributed by atoms with Gasteiger partial charge in [-0.2, -0.15) is 26.3 Å². The fourth-order valence-electron chi connectivity index (χ4n) is 2.57. The van der Waals surface area contributed by atoms with E-state index in [4.69, 9.17) is 0 Å². The molecule has 0 atom stereocenters. The van der Waals surface area contributed by atoms with E-state index in [9.17, 15) is 45.5 Å². The van der Waals surface area contributed by atoms with Crippen molar-refractivity contribution in [2.75, 3.05) is 30.4 Å². The van der Waals surface area contributed by atoms with E-state index in [-0.39, 0.29) is 11.4 Å². The Balaban J connectivity index is 2.66. The fraction of sp³-hybridized carbons (Fsp3) is 0.333. The third-order valence-electron chi connectivity index (χ3n) is 4.28. The molecule has 10 nitrogen and oxygen atoms in total. The minimum Gasteiger partial charge on any atom is -0.395 e. The molecule has 0 saturated carbocycles. The summed E-state index contributed by atoms with van der Waals surface area (Å²) in [7, 11) is 2.01. The molecule has 0 aliphatic carbocycles. The molecule has 0 aromatic carbocycles. The Kier molecular flexibility index (Phi) is 7.33. The van der Waals surface area contributed by atoms with E-state index < -0.39 is 47.9 Å². The number of carbonyl (C=O) groups excluding carboxylic acids is 2. The van der Waals surface area contributed by atoms with Crippen LogP contribution in [-0.2, 0) is 19.1 Å². The summed E-state index contributed by atoms with van der Waals surface area (Å²) in [6, 6.07) is 4.00. The second kappa shape index (κ2) is 9.48. The molecule has 0 aliphatic heterocycles. The molecule has 2 aromatic rings. The van der Waals surface area contributed by atoms with Crippen molar-refractivity contribution in [1.82, 2.24) is 9.97 Å². The van der Waals surface area contributed by atoms with E-state index in [1.807, 2.05) is 0 Å². The van der Waals surface area contributed by atoms with Gasteiger partial charge in [0, 0.05) is 38.6 Å². The molecule has 0 aliphatic rings. The number of halogens is 6. The van der Waals surface area contributed by atoms with Crippen LogP contribution in [0.25, 0.3) is 0 Å². The van der Waals surface area contributed by atoms with Crippen LogP contribution in [-0.4, -0.2) is 60.8 Å². The molecule has 2 rings (SSSR count). The van der Waals surface area contributed by atoms with E-state index in [0.29, 0.717) is 4.90 Å². The maximum Gasteiger partial charge on any atom is 0.491 e. The van der Waals surface area contributed by atoms with Gasteiger partial charge in [0.25, 0.3) is 0 Å². The Morgan fingerprint density at radius 2 is 1.21 bits per heavy atom. The molecule has 0 fully saturated rings. The average Bonchev–Trinajstić information content (AvgIpc) is 2.72. The van der Waals surface area contributed by atoms with Crippen LogP contribution in [0, 0.1) is 0 Å². The van der Waals surface area contributed by atoms with Crippen molar-refractivity contribution in [1.29, 1.82) is 0 Å². The highest BCUT2D eigenvalue weighted by molar-refractivity contribution is 5.79. The molecule has 0 saturated heterocycles. The van der Waals surface area contributed by atoms with Gasteiger partial charge >= 0.3 is 30.2 Å². The summed E-state index contributed by atoms with van der Waals surface area (Å²) in [6.07, 6.45) is -9.43. The van der Waals surface area contributed by atoms with Crippen LogP contribution in [0.2, 0.25) is 0 Å². The Morgan fingerprint density at radius 3 is 1.56 bits per heavy atom. The summed E-state index contributed by atoms with van der Waals surface area (Å²) in [5.74, 6) is -9.29. The molecule has 2 aromatic heterocycles. The number of alkyl halides is 6. The van der Waals surface area contributed by atoms with Gasteiger partial charge in [0.2, 0.25) is 11.1 Å². The van der Waals surface area contributed by atoms with Crippen molar-refractivity contribution in [2.45, 2.75) is 18.3 Å². The summed E-state index contributed by atoms with van der Waals surface area (Å²) < 4.78 is 86.8. The van der Waals surface area contributed by atoms with Crippen molar-refractivity contribution in [3.8, 4) is 0 Å². The predicted molar refractivity (Wildman–Crippen MR) is 103 cm³/mol. The lowest BCUT2D eigenvalue weighted by Gasteiger charge is -2.42. The van der Waals surface area contributed by atoms with Crippen LogP contribution in [0.3, 0.4) is 0 Å². The summed E-state index contributed by atoms with van der Waals surface area (Å²) in [5, 5.41) is 0. The molecular formula is C18H16F6N4O6. The first-order valence-electron chi connectivity index (χ1n) is 8.98. The van der Waals surface area contributed by atoms with E-state index in [2.05, 4.69) is 19.4 Å². The van der Waals surface area contributed by atoms with Crippen molar-refractivity contribution in [2.24, 2.45) is 0 Å². The van der Waals surface area contributed by atoms with Crippen LogP contribution >= 0.6 is 0 Å². The number of nitrogens with zero attached hydrogens (tertiary/aromatic N) is 2. The number of rotatable bonds is 7. The molecule has 186 valence electrons. The molecule has 0 amide bonds. The van der Waals surface area contributed by atoms with E-state index in [1.165, 1.54) is 0 Å². The first-order valence-corrected chi connectivity index (χ1v) is 8.98. The third-order valence-corrected chi connectivity index (χ3v) is 4.28. The third kappa shape index (κ3) is 6.29. The Labute approximate surface area is 185 Å². The molecule has 0 unspecified atom stereocenters. The van der Waals surface area contributed by atoms with Gasteiger partial charge in [0.15, 0.2) is 0 Å². The predicted octanol–water partition coefficient (Wildman–Crippen LogP) is 1.50. The monoisotopic (exact) mass is 498 g/mol. The van der Waals surface area contributed by atoms with Gasteiger partial charge < -0.3 is 29.2 Å². The first kappa shape index (κ1) is 26.3. The van der Waals surface area contributed by atoms with E-state index in [0.717, 1.165) is 55.7 Å². The Hall–Kier alpha value is -3.98. The summed E-state index contributed by atoms with van der Waals surface area (Å²) in [5.41, 5.74) is -1.50. The van der Waals surface area contributed by atoms with Gasteiger partial charge in [-0.1, -0.05) is 0 Å². The first-order chi connectivity index (χ1) is 15.5. The second-order valence-corrected chi connectivity index (χ2v) is 6.72. The van der Waals surface area contributed by atoms with Crippen LogP contribution in [0.4, 0.5) is 37.7 Å². The molecule has 2 N–H and O–H groups in total. The van der Waals surface area contributed by atoms with Gasteiger partial charge in [-0.15, -0.1) is 0 Å². The van der Waals surface area contributed by atoms with Crippen molar-refractivity contribution < 1.29 is 45.4 Å². The van der Waals surface area contributed by atoms with Crippen LogP contribution in [0.1, 0.15) is 0 Å². The van der Waals surface area contributed by atoms with Crippen LogP contribution in [0.5, 0.6) is 0 Å². The number of likely N-dealkylation sites (N-methyl/N-ethyl adjacent to an activating group) is 2. The normalized spacial score (nSPS) is 12.1. The molecular weight excluding hydrogens is 482 g/mol. The van der Waals surface area contributed by atoms with Gasteiger partial charge in [0.1, 0.15) is 6.54 Å². The number of carbonyl (C=O) groups is 2.